The minimum Gasteiger partial charge on any atom is -0.369 e. The topological polar surface area (TPSA) is 82.9 Å². The Hall–Kier alpha value is -3.52. The Balaban J connectivity index is 1.59. The lowest BCUT2D eigenvalue weighted by Gasteiger charge is -2.41. The summed E-state index contributed by atoms with van der Waals surface area (Å²) in [7, 11) is 0. The van der Waals surface area contributed by atoms with Gasteiger partial charge in [-0.2, -0.15) is 0 Å². The van der Waals surface area contributed by atoms with Gasteiger partial charge in [0.1, 0.15) is 6.04 Å². The van der Waals surface area contributed by atoms with E-state index in [1.807, 2.05) is 17.7 Å². The minimum absolute atomic E-state index is 0.0877. The number of hydrogen-bond acceptors (Lipinski definition) is 6. The zero-order valence-corrected chi connectivity index (χ0v) is 23.7. The molecule has 1 N–H and O–H groups in total. The number of aryl methyl sites for hydroxylation is 3. The van der Waals surface area contributed by atoms with Gasteiger partial charge in [0.25, 0.3) is 5.56 Å². The first kappa shape index (κ1) is 26.1. The third-order valence-electron chi connectivity index (χ3n) is 8.39. The molecule has 1 aliphatic heterocycles. The van der Waals surface area contributed by atoms with Gasteiger partial charge in [-0.1, -0.05) is 30.7 Å². The minimum atomic E-state index is -0.356. The van der Waals surface area contributed by atoms with E-state index >= 15 is 0 Å². The molecule has 1 unspecified atom stereocenters. The molecule has 0 bridgehead atoms. The Bertz CT molecular complexity index is 1530. The number of pyridine rings is 1. The second kappa shape index (κ2) is 9.98. The molecule has 0 saturated carbocycles. The lowest BCUT2D eigenvalue weighted by atomic mass is 9.98. The molecule has 4 aromatic rings. The number of nitrogens with one attached hydrogen (secondary N) is 1. The smallest absolute Gasteiger partial charge is 0.253 e. The number of aromatic amines is 1. The van der Waals surface area contributed by atoms with Gasteiger partial charge < -0.3 is 9.88 Å². The molecule has 3 heterocycles. The number of tetrazole rings is 1. The number of fused-ring (bicyclic) bond motifs is 1. The van der Waals surface area contributed by atoms with Crippen molar-refractivity contribution in [2.75, 3.05) is 31.1 Å². The van der Waals surface area contributed by atoms with Crippen LogP contribution in [0.1, 0.15) is 66.9 Å². The summed E-state index contributed by atoms with van der Waals surface area (Å²) in [5.41, 5.74) is 7.35. The van der Waals surface area contributed by atoms with Crippen LogP contribution in [0.25, 0.3) is 10.9 Å². The number of benzene rings is 2. The summed E-state index contributed by atoms with van der Waals surface area (Å²) in [6, 6.07) is 12.4. The molecule has 0 amide bonds. The number of H-pyrrole nitrogens is 1. The summed E-state index contributed by atoms with van der Waals surface area (Å²) < 4.78 is 1.92. The average molecular weight is 514 g/mol. The average Bonchev–Trinajstić information content (AvgIpc) is 3.38. The van der Waals surface area contributed by atoms with E-state index in [0.29, 0.717) is 11.4 Å². The second-order valence-electron chi connectivity index (χ2n) is 11.4. The third kappa shape index (κ3) is 4.62. The highest BCUT2D eigenvalue weighted by Crippen LogP contribution is 2.33. The van der Waals surface area contributed by atoms with Gasteiger partial charge in [0, 0.05) is 37.4 Å². The monoisotopic (exact) mass is 513 g/mol. The molecule has 1 atom stereocenters. The maximum absolute atomic E-state index is 13.7. The van der Waals surface area contributed by atoms with Gasteiger partial charge in [-0.15, -0.1) is 5.10 Å². The molecule has 1 saturated heterocycles. The number of piperazine rings is 1. The molecule has 2 aromatic heterocycles. The fourth-order valence-corrected chi connectivity index (χ4v) is 5.65. The fraction of sp³-hybridized carbons (Fsp3) is 0.467. The van der Waals surface area contributed by atoms with Crippen molar-refractivity contribution in [2.45, 2.75) is 66.5 Å². The van der Waals surface area contributed by atoms with E-state index in [-0.39, 0.29) is 17.1 Å². The number of nitrogens with zero attached hydrogens (tertiary/aromatic N) is 6. The number of anilines is 1. The molecule has 0 aliphatic carbocycles. The van der Waals surface area contributed by atoms with Crippen molar-refractivity contribution in [1.29, 1.82) is 0 Å². The van der Waals surface area contributed by atoms with Crippen LogP contribution in [0, 0.1) is 27.7 Å². The summed E-state index contributed by atoms with van der Waals surface area (Å²) in [6.07, 6.45) is 0.866. The zero-order chi connectivity index (χ0) is 27.2. The highest BCUT2D eigenvalue weighted by molar-refractivity contribution is 5.83. The van der Waals surface area contributed by atoms with Gasteiger partial charge >= 0.3 is 0 Å². The lowest BCUT2D eigenvalue weighted by Crippen LogP contribution is -2.49. The Morgan fingerprint density at radius 2 is 1.74 bits per heavy atom. The van der Waals surface area contributed by atoms with Crippen molar-refractivity contribution < 1.29 is 0 Å². The van der Waals surface area contributed by atoms with Gasteiger partial charge in [0.2, 0.25) is 0 Å². The molecule has 5 rings (SSSR count). The predicted octanol–water partition coefficient (Wildman–Crippen LogP) is 4.80. The summed E-state index contributed by atoms with van der Waals surface area (Å²) >= 11 is 0. The first-order valence-electron chi connectivity index (χ1n) is 13.6. The molecule has 0 radical (unpaired) electrons. The van der Waals surface area contributed by atoms with Gasteiger partial charge in [-0.25, -0.2) is 4.68 Å². The van der Waals surface area contributed by atoms with Gasteiger partial charge in [-0.05, 0) is 98.7 Å². The third-order valence-corrected chi connectivity index (χ3v) is 8.39. The Morgan fingerprint density at radius 1 is 1.00 bits per heavy atom. The van der Waals surface area contributed by atoms with Crippen molar-refractivity contribution in [2.24, 2.45) is 0 Å². The van der Waals surface area contributed by atoms with Gasteiger partial charge in [-0.3, -0.25) is 9.69 Å². The molecule has 2 aromatic carbocycles. The van der Waals surface area contributed by atoms with E-state index in [2.05, 4.69) is 102 Å². The Kier molecular flexibility index (Phi) is 6.86. The summed E-state index contributed by atoms with van der Waals surface area (Å²) in [4.78, 5) is 21.7. The molecule has 1 aliphatic rings. The highest BCUT2D eigenvalue weighted by atomic mass is 16.1. The van der Waals surface area contributed by atoms with Crippen molar-refractivity contribution in [3.8, 4) is 0 Å². The maximum Gasteiger partial charge on any atom is 0.253 e. The van der Waals surface area contributed by atoms with Gasteiger partial charge in [0.05, 0.1) is 11.1 Å². The molecule has 0 spiro atoms. The molecule has 1 fully saturated rings. The van der Waals surface area contributed by atoms with E-state index in [1.165, 1.54) is 22.4 Å². The fourth-order valence-electron chi connectivity index (χ4n) is 5.65. The quantitative estimate of drug-likeness (QED) is 0.399. The van der Waals surface area contributed by atoms with Crippen LogP contribution < -0.4 is 10.5 Å². The van der Waals surface area contributed by atoms with Crippen molar-refractivity contribution in [3.63, 3.8) is 0 Å². The summed E-state index contributed by atoms with van der Waals surface area (Å²) in [5, 5.41) is 14.1. The first-order chi connectivity index (χ1) is 18.1. The standard InChI is InChI=1S/C30H39N7O/c1-8-30(6,7)37-28(32-33-34-37)27(24-18-23-17-19(2)16-21(4)26(23)31-29(24)38)36-14-12-35(13-15-36)25-11-9-10-20(3)22(25)5/h9-11,16-18,27H,8,12-15H2,1-7H3,(H,31,38). The van der Waals surface area contributed by atoms with E-state index in [1.54, 1.807) is 0 Å². The van der Waals surface area contributed by atoms with Crippen molar-refractivity contribution >= 4 is 16.6 Å². The van der Waals surface area contributed by atoms with Crippen LogP contribution in [0.2, 0.25) is 0 Å². The molecular weight excluding hydrogens is 474 g/mol. The normalized spacial score (nSPS) is 15.8. The SMILES string of the molecule is CCC(C)(C)n1nnnc1C(c1cc2cc(C)cc(C)c2[nH]c1=O)N1CCN(c2cccc(C)c2C)CC1. The highest BCUT2D eigenvalue weighted by Gasteiger charge is 2.36. The Labute approximate surface area is 224 Å². The number of hydrogen-bond donors (Lipinski definition) is 1. The summed E-state index contributed by atoms with van der Waals surface area (Å²) in [5.74, 6) is 0.714. The zero-order valence-electron chi connectivity index (χ0n) is 23.7. The molecule has 8 nitrogen and oxygen atoms in total. The van der Waals surface area contributed by atoms with Gasteiger partial charge in [0.15, 0.2) is 5.82 Å². The predicted molar refractivity (Wildman–Crippen MR) is 153 cm³/mol. The molecule has 200 valence electrons. The Morgan fingerprint density at radius 3 is 2.45 bits per heavy atom. The van der Waals surface area contributed by atoms with Crippen LogP contribution in [-0.2, 0) is 5.54 Å². The van der Waals surface area contributed by atoms with E-state index in [4.69, 9.17) is 0 Å². The van der Waals surface area contributed by atoms with Crippen LogP contribution in [0.5, 0.6) is 0 Å². The van der Waals surface area contributed by atoms with Crippen LogP contribution in [0.3, 0.4) is 0 Å². The van der Waals surface area contributed by atoms with E-state index in [9.17, 15) is 4.79 Å². The largest absolute Gasteiger partial charge is 0.369 e. The molecule has 38 heavy (non-hydrogen) atoms. The molecular formula is C30H39N7O. The van der Waals surface area contributed by atoms with Crippen LogP contribution in [0.4, 0.5) is 5.69 Å². The first-order valence-corrected chi connectivity index (χ1v) is 13.6. The lowest BCUT2D eigenvalue weighted by molar-refractivity contribution is 0.186. The van der Waals surface area contributed by atoms with Crippen LogP contribution in [0.15, 0.2) is 41.2 Å². The summed E-state index contributed by atoms with van der Waals surface area (Å²) in [6.45, 7) is 18.2. The molecule has 8 heteroatoms. The second-order valence-corrected chi connectivity index (χ2v) is 11.4. The number of aromatic nitrogens is 5. The van der Waals surface area contributed by atoms with Crippen molar-refractivity contribution in [1.82, 2.24) is 30.1 Å². The van der Waals surface area contributed by atoms with Crippen LogP contribution in [-0.4, -0.2) is 56.3 Å². The van der Waals surface area contributed by atoms with E-state index < -0.39 is 0 Å². The van der Waals surface area contributed by atoms with E-state index in [0.717, 1.165) is 49.1 Å². The maximum atomic E-state index is 13.7. The van der Waals surface area contributed by atoms with Crippen molar-refractivity contribution in [3.05, 3.63) is 80.4 Å². The number of rotatable bonds is 6. The van der Waals surface area contributed by atoms with Crippen LogP contribution >= 0.6 is 0 Å².